The summed E-state index contributed by atoms with van der Waals surface area (Å²) in [6, 6.07) is 0. The van der Waals surface area contributed by atoms with E-state index in [0.29, 0.717) is 24.2 Å². The van der Waals surface area contributed by atoms with Crippen molar-refractivity contribution in [3.8, 4) is 0 Å². The van der Waals surface area contributed by atoms with Crippen LogP contribution in [0.3, 0.4) is 0 Å². The van der Waals surface area contributed by atoms with Crippen molar-refractivity contribution in [2.45, 2.75) is 39.5 Å². The smallest absolute Gasteiger partial charge is 0.353 e. The Morgan fingerprint density at radius 1 is 1.32 bits per heavy atom. The number of hydrogen-bond donors (Lipinski definition) is 2. The molecule has 0 spiro atoms. The van der Waals surface area contributed by atoms with Crippen LogP contribution in [0.2, 0.25) is 0 Å². The Balaban J connectivity index is 2.26. The summed E-state index contributed by atoms with van der Waals surface area (Å²) in [4.78, 5) is 21.1. The van der Waals surface area contributed by atoms with E-state index in [1.807, 2.05) is 4.90 Å². The van der Waals surface area contributed by atoms with Crippen molar-refractivity contribution in [1.29, 1.82) is 0 Å². The molecule has 0 atom stereocenters. The van der Waals surface area contributed by atoms with Crippen molar-refractivity contribution in [3.63, 3.8) is 0 Å². The number of nitrogens with zero attached hydrogens (tertiary/aromatic N) is 4. The number of piperidine rings is 1. The molecule has 1 aliphatic heterocycles. The van der Waals surface area contributed by atoms with Crippen LogP contribution in [0.1, 0.15) is 39.5 Å². The lowest BCUT2D eigenvalue weighted by Crippen LogP contribution is -2.31. The Bertz CT molecular complexity index is 528. The summed E-state index contributed by atoms with van der Waals surface area (Å²) >= 11 is 0. The molecule has 1 fully saturated rings. The molecule has 3 N–H and O–H groups in total. The van der Waals surface area contributed by atoms with Gasteiger partial charge in [-0.2, -0.15) is 9.97 Å². The van der Waals surface area contributed by atoms with Crippen molar-refractivity contribution in [2.24, 2.45) is 5.92 Å². The Hall–Kier alpha value is -2.12. The quantitative estimate of drug-likeness (QED) is 0.613. The Morgan fingerprint density at radius 2 is 2.00 bits per heavy atom. The first kappa shape index (κ1) is 16.3. The molecule has 122 valence electrons. The molecule has 1 aliphatic rings. The summed E-state index contributed by atoms with van der Waals surface area (Å²) in [6.07, 6.45) is 4.14. The lowest BCUT2D eigenvalue weighted by molar-refractivity contribution is -0.383. The summed E-state index contributed by atoms with van der Waals surface area (Å²) in [5.41, 5.74) is 5.62. The lowest BCUT2D eigenvalue weighted by Gasteiger charge is -2.27. The molecule has 0 unspecified atom stereocenters. The Morgan fingerprint density at radius 3 is 2.59 bits per heavy atom. The number of nitrogens with one attached hydrogen (secondary N) is 1. The third kappa shape index (κ3) is 3.96. The van der Waals surface area contributed by atoms with Gasteiger partial charge in [-0.3, -0.25) is 10.1 Å². The van der Waals surface area contributed by atoms with Crippen LogP contribution in [0.25, 0.3) is 0 Å². The summed E-state index contributed by atoms with van der Waals surface area (Å²) in [7, 11) is 0. The molecule has 1 saturated heterocycles. The molecule has 8 nitrogen and oxygen atoms in total. The maximum Gasteiger partial charge on any atom is 0.353 e. The van der Waals surface area contributed by atoms with Gasteiger partial charge in [0.1, 0.15) is 0 Å². The normalized spacial score (nSPS) is 15.1. The van der Waals surface area contributed by atoms with Gasteiger partial charge in [0.2, 0.25) is 17.6 Å². The fraction of sp³-hybridized carbons (Fsp3) is 0.714. The number of nitrogens with two attached hydrogens (primary N) is 1. The van der Waals surface area contributed by atoms with Crippen LogP contribution in [-0.2, 0) is 0 Å². The van der Waals surface area contributed by atoms with Gasteiger partial charge in [0.05, 0.1) is 4.92 Å². The van der Waals surface area contributed by atoms with Crippen LogP contribution in [0.4, 0.5) is 23.3 Å². The van der Waals surface area contributed by atoms with Gasteiger partial charge in [0, 0.05) is 19.6 Å². The summed E-state index contributed by atoms with van der Waals surface area (Å²) in [5, 5.41) is 14.4. The van der Waals surface area contributed by atoms with Gasteiger partial charge >= 0.3 is 5.69 Å². The number of aromatic nitrogens is 2. The molecular formula is C14H24N6O2. The van der Waals surface area contributed by atoms with Crippen LogP contribution in [0, 0.1) is 16.0 Å². The zero-order valence-electron chi connectivity index (χ0n) is 13.2. The number of anilines is 3. The van der Waals surface area contributed by atoms with Gasteiger partial charge in [-0.15, -0.1) is 0 Å². The fourth-order valence-electron chi connectivity index (χ4n) is 2.51. The minimum Gasteiger partial charge on any atom is -0.378 e. The average Bonchev–Trinajstić information content (AvgIpc) is 2.46. The van der Waals surface area contributed by atoms with E-state index < -0.39 is 4.92 Å². The van der Waals surface area contributed by atoms with E-state index in [1.54, 1.807) is 0 Å². The van der Waals surface area contributed by atoms with Crippen molar-refractivity contribution in [1.82, 2.24) is 9.97 Å². The number of nitrogen functional groups attached to an aromatic ring is 1. The second-order valence-electron chi connectivity index (χ2n) is 6.02. The predicted molar refractivity (Wildman–Crippen MR) is 87.1 cm³/mol. The number of rotatable bonds is 6. The van der Waals surface area contributed by atoms with E-state index in [2.05, 4.69) is 29.1 Å². The standard InChI is InChI=1S/C14H24N6O2/c1-10(2)6-7-16-14-17-12(15)11(20(21)22)13(18-14)19-8-4-3-5-9-19/h10H,3-9H2,1-2H3,(H3,15,16,17,18). The molecule has 2 rings (SSSR count). The largest absolute Gasteiger partial charge is 0.378 e. The molecule has 2 heterocycles. The van der Waals surface area contributed by atoms with Gasteiger partial charge in [0.25, 0.3) is 0 Å². The second kappa shape index (κ2) is 7.24. The van der Waals surface area contributed by atoms with E-state index in [-0.39, 0.29) is 11.5 Å². The molecule has 1 aromatic heterocycles. The van der Waals surface area contributed by atoms with E-state index >= 15 is 0 Å². The van der Waals surface area contributed by atoms with Crippen LogP contribution >= 0.6 is 0 Å². The lowest BCUT2D eigenvalue weighted by atomic mass is 10.1. The molecule has 0 aromatic carbocycles. The highest BCUT2D eigenvalue weighted by molar-refractivity contribution is 5.71. The summed E-state index contributed by atoms with van der Waals surface area (Å²) in [6.45, 7) is 6.51. The molecule has 0 amide bonds. The van der Waals surface area contributed by atoms with Gasteiger partial charge in [-0.25, -0.2) is 0 Å². The van der Waals surface area contributed by atoms with Crippen LogP contribution < -0.4 is 16.0 Å². The molecule has 8 heteroatoms. The van der Waals surface area contributed by atoms with Crippen LogP contribution in [0.15, 0.2) is 0 Å². The monoisotopic (exact) mass is 308 g/mol. The van der Waals surface area contributed by atoms with Gasteiger partial charge in [0.15, 0.2) is 0 Å². The molecular weight excluding hydrogens is 284 g/mol. The topological polar surface area (TPSA) is 110 Å². The third-order valence-electron chi connectivity index (χ3n) is 3.74. The molecule has 0 radical (unpaired) electrons. The van der Waals surface area contributed by atoms with Crippen molar-refractivity contribution >= 4 is 23.3 Å². The summed E-state index contributed by atoms with van der Waals surface area (Å²) in [5.74, 6) is 1.19. The zero-order valence-corrected chi connectivity index (χ0v) is 13.2. The molecule has 0 saturated carbocycles. The highest BCUT2D eigenvalue weighted by Gasteiger charge is 2.28. The predicted octanol–water partition coefficient (Wildman–Crippen LogP) is 2.42. The first-order chi connectivity index (χ1) is 10.5. The first-order valence-corrected chi connectivity index (χ1v) is 7.79. The minimum atomic E-state index is -0.489. The highest BCUT2D eigenvalue weighted by Crippen LogP contribution is 2.33. The number of hydrogen-bond acceptors (Lipinski definition) is 7. The SMILES string of the molecule is CC(C)CCNc1nc(N)c([N+](=O)[O-])c(N2CCCCC2)n1. The maximum atomic E-state index is 11.3. The van der Waals surface area contributed by atoms with E-state index in [9.17, 15) is 10.1 Å². The molecule has 0 bridgehead atoms. The van der Waals surface area contributed by atoms with Gasteiger partial charge < -0.3 is 16.0 Å². The van der Waals surface area contributed by atoms with E-state index in [0.717, 1.165) is 38.8 Å². The van der Waals surface area contributed by atoms with Crippen LogP contribution in [0.5, 0.6) is 0 Å². The first-order valence-electron chi connectivity index (χ1n) is 7.79. The third-order valence-corrected chi connectivity index (χ3v) is 3.74. The van der Waals surface area contributed by atoms with Crippen molar-refractivity contribution in [2.75, 3.05) is 35.6 Å². The number of nitro groups is 1. The van der Waals surface area contributed by atoms with Gasteiger partial charge in [-0.1, -0.05) is 13.8 Å². The second-order valence-corrected chi connectivity index (χ2v) is 6.02. The molecule has 22 heavy (non-hydrogen) atoms. The highest BCUT2D eigenvalue weighted by atomic mass is 16.6. The molecule has 1 aromatic rings. The van der Waals surface area contributed by atoms with Crippen molar-refractivity contribution < 1.29 is 4.92 Å². The fourth-order valence-corrected chi connectivity index (χ4v) is 2.51. The summed E-state index contributed by atoms with van der Waals surface area (Å²) < 4.78 is 0. The maximum absolute atomic E-state index is 11.3. The zero-order chi connectivity index (χ0) is 16.1. The van der Waals surface area contributed by atoms with Crippen molar-refractivity contribution in [3.05, 3.63) is 10.1 Å². The minimum absolute atomic E-state index is 0.0763. The van der Waals surface area contributed by atoms with Crippen LogP contribution in [-0.4, -0.2) is 34.5 Å². The average molecular weight is 308 g/mol. The van der Waals surface area contributed by atoms with E-state index in [1.165, 1.54) is 0 Å². The van der Waals surface area contributed by atoms with Gasteiger partial charge in [-0.05, 0) is 31.6 Å². The van der Waals surface area contributed by atoms with E-state index in [4.69, 9.17) is 5.73 Å². The Labute approximate surface area is 130 Å². The molecule has 0 aliphatic carbocycles. The Kier molecular flexibility index (Phi) is 5.35.